The van der Waals surface area contributed by atoms with E-state index < -0.39 is 15.8 Å². The van der Waals surface area contributed by atoms with Crippen molar-refractivity contribution in [2.45, 2.75) is 62.9 Å². The molecule has 0 N–H and O–H groups in total. The van der Waals surface area contributed by atoms with E-state index >= 15 is 0 Å². The first-order valence-corrected chi connectivity index (χ1v) is 12.0. The van der Waals surface area contributed by atoms with Crippen LogP contribution in [0.5, 0.6) is 0 Å². The number of nitrogens with zero attached hydrogens (tertiary/aromatic N) is 3. The molecule has 6 nitrogen and oxygen atoms in total. The van der Waals surface area contributed by atoms with Gasteiger partial charge in [0.15, 0.2) is 0 Å². The molecule has 0 spiro atoms. The molecule has 3 rings (SSSR count). The Kier molecular flexibility index (Phi) is 7.29. The van der Waals surface area contributed by atoms with Gasteiger partial charge in [-0.1, -0.05) is 31.4 Å². The topological polar surface area (TPSA) is 60.9 Å². The maximum absolute atomic E-state index is 14.0. The van der Waals surface area contributed by atoms with E-state index in [-0.39, 0.29) is 29.9 Å². The van der Waals surface area contributed by atoms with E-state index in [1.807, 2.05) is 9.80 Å². The van der Waals surface area contributed by atoms with E-state index in [1.54, 1.807) is 0 Å². The molecule has 1 aromatic rings. The molecular weight excluding hydrogens is 393 g/mol. The quantitative estimate of drug-likeness (QED) is 0.703. The molecule has 8 heteroatoms. The van der Waals surface area contributed by atoms with E-state index in [0.29, 0.717) is 25.7 Å². The largest absolute Gasteiger partial charge is 0.336 e. The number of carbonyl (C=O) groups is 1. The molecule has 1 saturated heterocycles. The Morgan fingerprint density at radius 3 is 2.31 bits per heavy atom. The van der Waals surface area contributed by atoms with Crippen molar-refractivity contribution >= 4 is 15.9 Å². The van der Waals surface area contributed by atoms with Crippen molar-refractivity contribution in [2.75, 3.05) is 32.7 Å². The molecule has 162 valence electrons. The SMILES string of the molecule is CC(C)N(C(=O)CN1CCN(S(=O)(=O)c2ccccc2F)CC1)C1CCCCC1. The fourth-order valence-corrected chi connectivity index (χ4v) is 5.95. The Hall–Kier alpha value is -1.51. The summed E-state index contributed by atoms with van der Waals surface area (Å²) in [6.45, 7) is 5.88. The number of sulfonamides is 1. The minimum atomic E-state index is -3.86. The first-order chi connectivity index (χ1) is 13.8. The number of rotatable bonds is 6. The zero-order valence-electron chi connectivity index (χ0n) is 17.4. The average molecular weight is 426 g/mol. The maximum atomic E-state index is 14.0. The van der Waals surface area contributed by atoms with Crippen LogP contribution in [0.4, 0.5) is 4.39 Å². The molecule has 29 heavy (non-hydrogen) atoms. The molecular formula is C21H32FN3O3S. The van der Waals surface area contributed by atoms with Gasteiger partial charge in [0, 0.05) is 38.3 Å². The summed E-state index contributed by atoms with van der Waals surface area (Å²) in [5.41, 5.74) is 0. The zero-order chi connectivity index (χ0) is 21.0. The summed E-state index contributed by atoms with van der Waals surface area (Å²) >= 11 is 0. The Morgan fingerprint density at radius 2 is 1.72 bits per heavy atom. The van der Waals surface area contributed by atoms with Gasteiger partial charge in [0.2, 0.25) is 15.9 Å². The van der Waals surface area contributed by atoms with Crippen LogP contribution in [0.25, 0.3) is 0 Å². The van der Waals surface area contributed by atoms with Crippen LogP contribution in [-0.4, -0.2) is 73.2 Å². The first-order valence-electron chi connectivity index (χ1n) is 10.6. The third-order valence-corrected chi connectivity index (χ3v) is 7.89. The molecule has 0 atom stereocenters. The monoisotopic (exact) mass is 425 g/mol. The average Bonchev–Trinajstić information content (AvgIpc) is 2.69. The van der Waals surface area contributed by atoms with Crippen LogP contribution in [0.2, 0.25) is 0 Å². The highest BCUT2D eigenvalue weighted by Crippen LogP contribution is 2.25. The van der Waals surface area contributed by atoms with E-state index in [9.17, 15) is 17.6 Å². The van der Waals surface area contributed by atoms with E-state index in [1.165, 1.54) is 41.8 Å². The van der Waals surface area contributed by atoms with Crippen molar-refractivity contribution in [3.8, 4) is 0 Å². The molecule has 1 heterocycles. The normalized spacial score (nSPS) is 20.1. The first kappa shape index (κ1) is 22.2. The number of amides is 1. The van der Waals surface area contributed by atoms with Crippen molar-refractivity contribution in [2.24, 2.45) is 0 Å². The summed E-state index contributed by atoms with van der Waals surface area (Å²) in [5, 5.41) is 0. The van der Waals surface area contributed by atoms with Gasteiger partial charge in [-0.15, -0.1) is 0 Å². The van der Waals surface area contributed by atoms with Crippen molar-refractivity contribution in [3.63, 3.8) is 0 Å². The van der Waals surface area contributed by atoms with Gasteiger partial charge in [-0.2, -0.15) is 4.31 Å². The van der Waals surface area contributed by atoms with Crippen molar-refractivity contribution in [3.05, 3.63) is 30.1 Å². The Labute approximate surface area is 173 Å². The molecule has 1 aromatic carbocycles. The van der Waals surface area contributed by atoms with Crippen LogP contribution in [0.1, 0.15) is 46.0 Å². The zero-order valence-corrected chi connectivity index (χ0v) is 18.2. The minimum Gasteiger partial charge on any atom is -0.336 e. The highest BCUT2D eigenvalue weighted by molar-refractivity contribution is 7.89. The fraction of sp³-hybridized carbons (Fsp3) is 0.667. The molecule has 1 aliphatic heterocycles. The van der Waals surface area contributed by atoms with Crippen LogP contribution in [-0.2, 0) is 14.8 Å². The molecule has 2 aliphatic rings. The van der Waals surface area contributed by atoms with Gasteiger partial charge >= 0.3 is 0 Å². The molecule has 0 aromatic heterocycles. The van der Waals surface area contributed by atoms with Crippen LogP contribution < -0.4 is 0 Å². The molecule has 1 saturated carbocycles. The Balaban J connectivity index is 1.59. The molecule has 0 unspecified atom stereocenters. The lowest BCUT2D eigenvalue weighted by molar-refractivity contribution is -0.137. The van der Waals surface area contributed by atoms with E-state index in [2.05, 4.69) is 13.8 Å². The number of piperazine rings is 1. The van der Waals surface area contributed by atoms with Crippen LogP contribution in [0, 0.1) is 5.82 Å². The van der Waals surface area contributed by atoms with Gasteiger partial charge < -0.3 is 4.90 Å². The van der Waals surface area contributed by atoms with E-state index in [0.717, 1.165) is 18.9 Å². The second-order valence-corrected chi connectivity index (χ2v) is 10.2. The second-order valence-electron chi connectivity index (χ2n) is 8.30. The number of hydrogen-bond acceptors (Lipinski definition) is 4. The highest BCUT2D eigenvalue weighted by Gasteiger charge is 2.33. The predicted octanol–water partition coefficient (Wildman–Crippen LogP) is 2.70. The number of carbonyl (C=O) groups excluding carboxylic acids is 1. The van der Waals surface area contributed by atoms with Crippen LogP contribution in [0.15, 0.2) is 29.2 Å². The fourth-order valence-electron chi connectivity index (χ4n) is 4.47. The highest BCUT2D eigenvalue weighted by atomic mass is 32.2. The second kappa shape index (κ2) is 9.53. The Morgan fingerprint density at radius 1 is 1.10 bits per heavy atom. The Bertz CT molecular complexity index is 801. The summed E-state index contributed by atoms with van der Waals surface area (Å²) in [6.07, 6.45) is 5.73. The third-order valence-electron chi connectivity index (χ3n) is 5.96. The third kappa shape index (κ3) is 5.16. The maximum Gasteiger partial charge on any atom is 0.246 e. The van der Waals surface area contributed by atoms with Gasteiger partial charge in [-0.25, -0.2) is 12.8 Å². The van der Waals surface area contributed by atoms with Crippen LogP contribution in [0.3, 0.4) is 0 Å². The molecule has 0 radical (unpaired) electrons. The minimum absolute atomic E-state index is 0.123. The molecule has 1 aliphatic carbocycles. The molecule has 0 bridgehead atoms. The summed E-state index contributed by atoms with van der Waals surface area (Å²) in [5.74, 6) is -0.609. The summed E-state index contributed by atoms with van der Waals surface area (Å²) in [4.78, 5) is 16.8. The van der Waals surface area contributed by atoms with Gasteiger partial charge in [-0.05, 0) is 38.8 Å². The van der Waals surface area contributed by atoms with Gasteiger partial charge in [0.1, 0.15) is 10.7 Å². The van der Waals surface area contributed by atoms with Crippen LogP contribution >= 0.6 is 0 Å². The van der Waals surface area contributed by atoms with Gasteiger partial charge in [-0.3, -0.25) is 9.69 Å². The number of halogens is 1. The molecule has 2 fully saturated rings. The van der Waals surface area contributed by atoms with E-state index in [4.69, 9.17) is 0 Å². The smallest absolute Gasteiger partial charge is 0.246 e. The summed E-state index contributed by atoms with van der Waals surface area (Å²) < 4.78 is 40.7. The van der Waals surface area contributed by atoms with Crippen molar-refractivity contribution in [1.82, 2.24) is 14.1 Å². The lowest BCUT2D eigenvalue weighted by Crippen LogP contribution is -2.54. The summed E-state index contributed by atoms with van der Waals surface area (Å²) in [6, 6.07) is 5.94. The van der Waals surface area contributed by atoms with Gasteiger partial charge in [0.25, 0.3) is 0 Å². The lowest BCUT2D eigenvalue weighted by atomic mass is 9.93. The van der Waals surface area contributed by atoms with Crippen molar-refractivity contribution < 1.29 is 17.6 Å². The van der Waals surface area contributed by atoms with Gasteiger partial charge in [0.05, 0.1) is 6.54 Å². The van der Waals surface area contributed by atoms with Crippen molar-refractivity contribution in [1.29, 1.82) is 0 Å². The standard InChI is InChI=1S/C21H32FN3O3S/c1-17(2)25(18-8-4-3-5-9-18)21(26)16-23-12-14-24(15-13-23)29(27,28)20-11-7-6-10-19(20)22/h6-7,10-11,17-18H,3-5,8-9,12-16H2,1-2H3. The molecule has 1 amide bonds. The number of hydrogen-bond donors (Lipinski definition) is 0. The lowest BCUT2D eigenvalue weighted by Gasteiger charge is -2.40. The number of benzene rings is 1. The summed E-state index contributed by atoms with van der Waals surface area (Å²) in [7, 11) is -3.86. The predicted molar refractivity (Wildman–Crippen MR) is 110 cm³/mol.